The Morgan fingerprint density at radius 1 is 1.36 bits per heavy atom. The summed E-state index contributed by atoms with van der Waals surface area (Å²) in [7, 11) is 0. The molecule has 1 heterocycles. The van der Waals surface area contributed by atoms with Gasteiger partial charge in [-0.1, -0.05) is 6.42 Å². The number of carboxylic acids is 1. The van der Waals surface area contributed by atoms with E-state index in [0.717, 1.165) is 12.8 Å². The van der Waals surface area contributed by atoms with E-state index in [0.29, 0.717) is 18.7 Å². The first-order valence-corrected chi connectivity index (χ1v) is 6.99. The molecule has 0 fully saturated rings. The maximum absolute atomic E-state index is 11.8. The average molecular weight is 305 g/mol. The van der Waals surface area contributed by atoms with Gasteiger partial charge in [0, 0.05) is 19.2 Å². The smallest absolute Gasteiger partial charge is 0.303 e. The van der Waals surface area contributed by atoms with Crippen molar-refractivity contribution in [2.24, 2.45) is 0 Å². The standard InChI is InChI=1S/C15H19N3O4/c16-9-12(10-17-7-3-1-2-6-14(19)20)15(21)18-11-13-5-4-8-22-13/h4-5,8,10,17H,1-3,6-7,11H2,(H,18,21)(H,19,20)/b12-10-. The number of carbonyl (C=O) groups excluding carboxylic acids is 1. The van der Waals surface area contributed by atoms with Crippen molar-refractivity contribution < 1.29 is 19.1 Å². The number of nitrogens with zero attached hydrogens (tertiary/aromatic N) is 1. The molecule has 0 radical (unpaired) electrons. The van der Waals surface area contributed by atoms with E-state index in [4.69, 9.17) is 14.8 Å². The van der Waals surface area contributed by atoms with Crippen molar-refractivity contribution in [3.8, 4) is 6.07 Å². The third kappa shape index (κ3) is 7.14. The predicted octanol–water partition coefficient (Wildman–Crippen LogP) is 1.54. The number of unbranched alkanes of at least 4 members (excludes halogenated alkanes) is 2. The maximum Gasteiger partial charge on any atom is 0.303 e. The number of carbonyl (C=O) groups is 2. The van der Waals surface area contributed by atoms with E-state index < -0.39 is 11.9 Å². The second-order valence-corrected chi connectivity index (χ2v) is 4.59. The molecule has 1 aromatic rings. The molecule has 0 saturated heterocycles. The van der Waals surface area contributed by atoms with Crippen LogP contribution >= 0.6 is 0 Å². The summed E-state index contributed by atoms with van der Waals surface area (Å²) in [6.07, 6.45) is 5.21. The fourth-order valence-electron chi connectivity index (χ4n) is 1.68. The lowest BCUT2D eigenvalue weighted by Gasteiger charge is -2.04. The number of carboxylic acid groups (broad SMARTS) is 1. The lowest BCUT2D eigenvalue weighted by Crippen LogP contribution is -2.25. The van der Waals surface area contributed by atoms with Crippen LogP contribution in [0.1, 0.15) is 31.4 Å². The first kappa shape index (κ1) is 17.3. The fraction of sp³-hybridized carbons (Fsp3) is 0.400. The Hall–Kier alpha value is -2.75. The summed E-state index contributed by atoms with van der Waals surface area (Å²) in [5.41, 5.74) is -0.0166. The second kappa shape index (κ2) is 10.0. The zero-order valence-corrected chi connectivity index (χ0v) is 12.2. The number of hydrogen-bond donors (Lipinski definition) is 3. The third-order valence-electron chi connectivity index (χ3n) is 2.83. The highest BCUT2D eigenvalue weighted by Crippen LogP contribution is 2.01. The molecule has 1 aromatic heterocycles. The number of aliphatic carboxylic acids is 1. The molecule has 0 aliphatic rings. The van der Waals surface area contributed by atoms with Crippen LogP contribution in [-0.4, -0.2) is 23.5 Å². The highest BCUT2D eigenvalue weighted by molar-refractivity contribution is 5.97. The zero-order chi connectivity index (χ0) is 16.2. The molecule has 0 saturated carbocycles. The zero-order valence-electron chi connectivity index (χ0n) is 12.2. The van der Waals surface area contributed by atoms with Crippen LogP contribution in [0.2, 0.25) is 0 Å². The SMILES string of the molecule is N#C/C(=C/NCCCCCC(=O)O)C(=O)NCc1ccco1. The Kier molecular flexibility index (Phi) is 7.90. The van der Waals surface area contributed by atoms with Gasteiger partial charge in [-0.15, -0.1) is 0 Å². The summed E-state index contributed by atoms with van der Waals surface area (Å²) < 4.78 is 5.08. The van der Waals surface area contributed by atoms with Crippen molar-refractivity contribution >= 4 is 11.9 Å². The summed E-state index contributed by atoms with van der Waals surface area (Å²) in [6, 6.07) is 5.27. The third-order valence-corrected chi connectivity index (χ3v) is 2.83. The van der Waals surface area contributed by atoms with Crippen LogP contribution in [0.15, 0.2) is 34.6 Å². The molecule has 0 bridgehead atoms. The summed E-state index contributed by atoms with van der Waals surface area (Å²) in [6.45, 7) is 0.802. The van der Waals surface area contributed by atoms with Crippen LogP contribution < -0.4 is 10.6 Å². The summed E-state index contributed by atoms with van der Waals surface area (Å²) in [5.74, 6) is -0.665. The molecule has 0 atom stereocenters. The molecule has 0 spiro atoms. The molecule has 0 aromatic carbocycles. The van der Waals surface area contributed by atoms with E-state index in [9.17, 15) is 9.59 Å². The van der Waals surface area contributed by atoms with E-state index in [1.165, 1.54) is 12.5 Å². The average Bonchev–Trinajstić information content (AvgIpc) is 3.01. The highest BCUT2D eigenvalue weighted by Gasteiger charge is 2.08. The van der Waals surface area contributed by atoms with Gasteiger partial charge in [-0.05, 0) is 25.0 Å². The van der Waals surface area contributed by atoms with Crippen molar-refractivity contribution in [3.63, 3.8) is 0 Å². The molecular formula is C15H19N3O4. The number of rotatable bonds is 10. The van der Waals surface area contributed by atoms with Crippen molar-refractivity contribution in [2.45, 2.75) is 32.2 Å². The molecule has 0 aliphatic heterocycles. The summed E-state index contributed by atoms with van der Waals surface area (Å²) in [5, 5.41) is 22.9. The molecule has 7 nitrogen and oxygen atoms in total. The van der Waals surface area contributed by atoms with Gasteiger partial charge in [0.1, 0.15) is 17.4 Å². The first-order chi connectivity index (χ1) is 10.6. The number of nitriles is 1. The summed E-state index contributed by atoms with van der Waals surface area (Å²) >= 11 is 0. The van der Waals surface area contributed by atoms with Gasteiger partial charge >= 0.3 is 5.97 Å². The maximum atomic E-state index is 11.8. The highest BCUT2D eigenvalue weighted by atomic mass is 16.4. The summed E-state index contributed by atoms with van der Waals surface area (Å²) in [4.78, 5) is 22.1. The molecular weight excluding hydrogens is 286 g/mol. The molecule has 0 aliphatic carbocycles. The Morgan fingerprint density at radius 2 is 2.18 bits per heavy atom. The lowest BCUT2D eigenvalue weighted by molar-refractivity contribution is -0.137. The Labute approximate surface area is 128 Å². The van der Waals surface area contributed by atoms with Crippen molar-refractivity contribution in [2.75, 3.05) is 6.54 Å². The normalized spacial score (nSPS) is 10.8. The number of amides is 1. The monoisotopic (exact) mass is 305 g/mol. The molecule has 7 heteroatoms. The van der Waals surface area contributed by atoms with E-state index >= 15 is 0 Å². The van der Waals surface area contributed by atoms with Gasteiger partial charge in [0.05, 0.1) is 12.8 Å². The van der Waals surface area contributed by atoms with Gasteiger partial charge in [-0.2, -0.15) is 5.26 Å². The Balaban J connectivity index is 2.23. The van der Waals surface area contributed by atoms with E-state index in [1.807, 2.05) is 6.07 Å². The molecule has 1 amide bonds. The van der Waals surface area contributed by atoms with Crippen LogP contribution in [0.3, 0.4) is 0 Å². The minimum absolute atomic E-state index is 0.0166. The van der Waals surface area contributed by atoms with E-state index in [1.54, 1.807) is 12.1 Å². The molecule has 1 rings (SSSR count). The van der Waals surface area contributed by atoms with Crippen molar-refractivity contribution in [1.29, 1.82) is 5.26 Å². The second-order valence-electron chi connectivity index (χ2n) is 4.59. The van der Waals surface area contributed by atoms with Gasteiger partial charge in [-0.25, -0.2) is 0 Å². The van der Waals surface area contributed by atoms with Gasteiger partial charge in [-0.3, -0.25) is 9.59 Å². The number of furan rings is 1. The fourth-order valence-corrected chi connectivity index (χ4v) is 1.68. The van der Waals surface area contributed by atoms with Gasteiger partial charge in [0.2, 0.25) is 0 Å². The van der Waals surface area contributed by atoms with Crippen molar-refractivity contribution in [1.82, 2.24) is 10.6 Å². The Morgan fingerprint density at radius 3 is 2.82 bits per heavy atom. The minimum atomic E-state index is -0.798. The number of hydrogen-bond acceptors (Lipinski definition) is 5. The topological polar surface area (TPSA) is 115 Å². The number of nitrogens with one attached hydrogen (secondary N) is 2. The minimum Gasteiger partial charge on any atom is -0.481 e. The predicted molar refractivity (Wildman–Crippen MR) is 78.4 cm³/mol. The molecule has 3 N–H and O–H groups in total. The van der Waals surface area contributed by atoms with Crippen LogP contribution in [0.5, 0.6) is 0 Å². The van der Waals surface area contributed by atoms with Crippen LogP contribution in [0.25, 0.3) is 0 Å². The van der Waals surface area contributed by atoms with Crippen LogP contribution in [0.4, 0.5) is 0 Å². The van der Waals surface area contributed by atoms with Gasteiger partial charge in [0.15, 0.2) is 0 Å². The van der Waals surface area contributed by atoms with E-state index in [-0.39, 0.29) is 18.5 Å². The quantitative estimate of drug-likeness (QED) is 0.343. The van der Waals surface area contributed by atoms with Crippen molar-refractivity contribution in [3.05, 3.63) is 35.9 Å². The molecule has 22 heavy (non-hydrogen) atoms. The van der Waals surface area contributed by atoms with Gasteiger partial charge < -0.3 is 20.2 Å². The largest absolute Gasteiger partial charge is 0.481 e. The van der Waals surface area contributed by atoms with E-state index in [2.05, 4.69) is 10.6 Å². The van der Waals surface area contributed by atoms with Gasteiger partial charge in [0.25, 0.3) is 5.91 Å². The lowest BCUT2D eigenvalue weighted by atomic mass is 10.2. The Bertz CT molecular complexity index is 544. The van der Waals surface area contributed by atoms with Crippen LogP contribution in [-0.2, 0) is 16.1 Å². The first-order valence-electron chi connectivity index (χ1n) is 6.99. The molecule has 118 valence electrons. The molecule has 0 unspecified atom stereocenters. The van der Waals surface area contributed by atoms with Crippen LogP contribution in [0, 0.1) is 11.3 Å².